The molecule has 0 bridgehead atoms. The number of amides is 1. The van der Waals surface area contributed by atoms with Gasteiger partial charge < -0.3 is 25.0 Å². The largest absolute Gasteiger partial charge is 0.492 e. The molecule has 40 heavy (non-hydrogen) atoms. The van der Waals surface area contributed by atoms with E-state index in [9.17, 15) is 9.59 Å². The van der Waals surface area contributed by atoms with E-state index in [4.69, 9.17) is 9.47 Å². The van der Waals surface area contributed by atoms with E-state index in [1.54, 1.807) is 45.3 Å². The lowest BCUT2D eigenvalue weighted by molar-refractivity contribution is -0.153. The molecule has 4 rings (SSSR count). The number of anilines is 2. The lowest BCUT2D eigenvalue weighted by atomic mass is 10.1. The first-order valence-electron chi connectivity index (χ1n) is 13.5. The van der Waals surface area contributed by atoms with Gasteiger partial charge in [-0.25, -0.2) is 9.97 Å². The molecule has 2 N–H and O–H groups in total. The van der Waals surface area contributed by atoms with Crippen molar-refractivity contribution in [1.29, 1.82) is 0 Å². The Bertz CT molecular complexity index is 1250. The van der Waals surface area contributed by atoms with Crippen molar-refractivity contribution >= 4 is 23.5 Å². The molecule has 1 saturated heterocycles. The quantitative estimate of drug-likeness (QED) is 0.369. The Morgan fingerprint density at radius 1 is 0.900 bits per heavy atom. The van der Waals surface area contributed by atoms with Crippen LogP contribution in [0.3, 0.4) is 0 Å². The number of carbonyl (C=O) groups excluding carboxylic acids is 2. The zero-order chi connectivity index (χ0) is 28.5. The molecular formula is C30H38N6O4. The number of aromatic nitrogens is 2. The summed E-state index contributed by atoms with van der Waals surface area (Å²) in [5, 5.41) is 5.78. The standard InChI is InChI=1S/C30H38N6O4/c1-30(2,3)40-27(37)21-31-28(38)23-7-5-22(6-8-23)24-19-32-29(33-20-24)34-25-9-11-26(12-10-25)39-18-17-36-15-13-35(4)14-16-36/h5-12,19-20H,13-18,21H2,1-4H3,(H,31,38)(H,32,33,34). The highest BCUT2D eigenvalue weighted by Gasteiger charge is 2.17. The number of hydrogen-bond donors (Lipinski definition) is 2. The number of nitrogens with one attached hydrogen (secondary N) is 2. The molecule has 1 fully saturated rings. The van der Waals surface area contributed by atoms with Gasteiger partial charge in [-0.3, -0.25) is 14.5 Å². The molecule has 10 nitrogen and oxygen atoms in total. The van der Waals surface area contributed by atoms with Gasteiger partial charge in [0, 0.05) is 61.9 Å². The van der Waals surface area contributed by atoms with Gasteiger partial charge in [0.25, 0.3) is 5.91 Å². The van der Waals surface area contributed by atoms with Gasteiger partial charge in [0.15, 0.2) is 0 Å². The number of rotatable bonds is 10. The van der Waals surface area contributed by atoms with Gasteiger partial charge in [0.05, 0.1) is 0 Å². The van der Waals surface area contributed by atoms with Crippen molar-refractivity contribution < 1.29 is 19.1 Å². The maximum atomic E-state index is 12.4. The van der Waals surface area contributed by atoms with E-state index < -0.39 is 11.6 Å². The normalized spacial score (nSPS) is 14.4. The number of nitrogens with zero attached hydrogens (tertiary/aromatic N) is 4. The fourth-order valence-corrected chi connectivity index (χ4v) is 4.12. The van der Waals surface area contributed by atoms with Crippen LogP contribution in [0.4, 0.5) is 11.6 Å². The second kappa shape index (κ2) is 13.4. The molecule has 0 spiro atoms. The Morgan fingerprint density at radius 3 is 2.17 bits per heavy atom. The minimum Gasteiger partial charge on any atom is -0.492 e. The average Bonchev–Trinajstić information content (AvgIpc) is 2.93. The topological polar surface area (TPSA) is 109 Å². The van der Waals surface area contributed by atoms with Gasteiger partial charge in [-0.1, -0.05) is 12.1 Å². The second-order valence-corrected chi connectivity index (χ2v) is 10.8. The molecule has 1 aromatic heterocycles. The fraction of sp³-hybridized carbons (Fsp3) is 0.400. The number of ether oxygens (including phenoxy) is 2. The summed E-state index contributed by atoms with van der Waals surface area (Å²) in [6.45, 7) is 11.1. The molecule has 3 aromatic rings. The second-order valence-electron chi connectivity index (χ2n) is 10.8. The lowest BCUT2D eigenvalue weighted by Crippen LogP contribution is -2.45. The summed E-state index contributed by atoms with van der Waals surface area (Å²) in [5.41, 5.74) is 2.39. The molecule has 2 heterocycles. The van der Waals surface area contributed by atoms with Crippen molar-refractivity contribution in [1.82, 2.24) is 25.1 Å². The smallest absolute Gasteiger partial charge is 0.325 e. The molecule has 1 aliphatic rings. The van der Waals surface area contributed by atoms with Crippen LogP contribution in [0.25, 0.3) is 11.1 Å². The number of hydrogen-bond acceptors (Lipinski definition) is 9. The zero-order valence-electron chi connectivity index (χ0n) is 23.6. The third-order valence-electron chi connectivity index (χ3n) is 6.33. The van der Waals surface area contributed by atoms with E-state index in [0.717, 1.165) is 55.3 Å². The van der Waals surface area contributed by atoms with E-state index >= 15 is 0 Å². The molecule has 0 atom stereocenters. The van der Waals surface area contributed by atoms with Crippen molar-refractivity contribution in [3.05, 3.63) is 66.5 Å². The van der Waals surface area contributed by atoms with Gasteiger partial charge in [-0.05, 0) is 69.8 Å². The predicted octanol–water partition coefficient (Wildman–Crippen LogP) is 3.58. The van der Waals surface area contributed by atoms with Crippen LogP contribution in [-0.4, -0.2) is 90.2 Å². The summed E-state index contributed by atoms with van der Waals surface area (Å²) in [5.74, 6) is 0.479. The van der Waals surface area contributed by atoms with Crippen LogP contribution in [0.2, 0.25) is 0 Å². The van der Waals surface area contributed by atoms with E-state index in [-0.39, 0.29) is 12.5 Å². The molecule has 0 radical (unpaired) electrons. The minimum absolute atomic E-state index is 0.188. The van der Waals surface area contributed by atoms with Crippen molar-refractivity contribution in [3.8, 4) is 16.9 Å². The van der Waals surface area contributed by atoms with E-state index in [0.29, 0.717) is 18.1 Å². The molecule has 212 valence electrons. The SMILES string of the molecule is CN1CCN(CCOc2ccc(Nc3ncc(-c4ccc(C(=O)NCC(=O)OC(C)(C)C)cc4)cn3)cc2)CC1. The van der Waals surface area contributed by atoms with Gasteiger partial charge >= 0.3 is 5.97 Å². The highest BCUT2D eigenvalue weighted by atomic mass is 16.6. The third kappa shape index (κ3) is 9.03. The number of benzene rings is 2. The maximum absolute atomic E-state index is 12.4. The predicted molar refractivity (Wildman–Crippen MR) is 155 cm³/mol. The van der Waals surface area contributed by atoms with Crippen LogP contribution in [0, 0.1) is 0 Å². The van der Waals surface area contributed by atoms with Gasteiger partial charge in [0.1, 0.15) is 24.5 Å². The Hall–Kier alpha value is -4.02. The number of piperazine rings is 1. The lowest BCUT2D eigenvalue weighted by Gasteiger charge is -2.32. The molecule has 0 saturated carbocycles. The molecule has 1 aliphatic heterocycles. The Kier molecular flexibility index (Phi) is 9.68. The molecule has 1 amide bonds. The summed E-state index contributed by atoms with van der Waals surface area (Å²) in [6, 6.07) is 14.8. The van der Waals surface area contributed by atoms with Crippen molar-refractivity contribution in [2.75, 3.05) is 58.2 Å². The first-order valence-corrected chi connectivity index (χ1v) is 13.5. The van der Waals surface area contributed by atoms with Crippen molar-refractivity contribution in [2.45, 2.75) is 26.4 Å². The maximum Gasteiger partial charge on any atom is 0.325 e. The van der Waals surface area contributed by atoms with E-state index in [1.807, 2.05) is 36.4 Å². The molecule has 10 heteroatoms. The van der Waals surface area contributed by atoms with Crippen LogP contribution in [0.5, 0.6) is 5.75 Å². The summed E-state index contributed by atoms with van der Waals surface area (Å²) in [7, 11) is 2.16. The number of likely N-dealkylation sites (N-methyl/N-ethyl adjacent to an activating group) is 1. The van der Waals surface area contributed by atoms with Gasteiger partial charge in [-0.2, -0.15) is 0 Å². The van der Waals surface area contributed by atoms with Crippen molar-refractivity contribution in [3.63, 3.8) is 0 Å². The van der Waals surface area contributed by atoms with Crippen LogP contribution in [-0.2, 0) is 9.53 Å². The molecule has 0 aliphatic carbocycles. The molecule has 0 unspecified atom stereocenters. The molecular weight excluding hydrogens is 508 g/mol. The summed E-state index contributed by atoms with van der Waals surface area (Å²) in [4.78, 5) is 37.8. The minimum atomic E-state index is -0.597. The average molecular weight is 547 g/mol. The highest BCUT2D eigenvalue weighted by molar-refractivity contribution is 5.96. The Morgan fingerprint density at radius 2 is 1.55 bits per heavy atom. The van der Waals surface area contributed by atoms with Crippen LogP contribution >= 0.6 is 0 Å². The van der Waals surface area contributed by atoms with Crippen molar-refractivity contribution in [2.24, 2.45) is 0 Å². The summed E-state index contributed by atoms with van der Waals surface area (Å²) in [6.07, 6.45) is 3.45. The van der Waals surface area contributed by atoms with Crippen LogP contribution < -0.4 is 15.4 Å². The number of esters is 1. The van der Waals surface area contributed by atoms with Crippen LogP contribution in [0.1, 0.15) is 31.1 Å². The Labute approximate surface area is 235 Å². The first-order chi connectivity index (χ1) is 19.1. The highest BCUT2D eigenvalue weighted by Crippen LogP contribution is 2.21. The fourth-order valence-electron chi connectivity index (χ4n) is 4.12. The summed E-state index contributed by atoms with van der Waals surface area (Å²) >= 11 is 0. The monoisotopic (exact) mass is 546 g/mol. The first kappa shape index (κ1) is 29.0. The van der Waals surface area contributed by atoms with Gasteiger partial charge in [0.2, 0.25) is 5.95 Å². The molecule has 2 aromatic carbocycles. The third-order valence-corrected chi connectivity index (χ3v) is 6.33. The summed E-state index contributed by atoms with van der Waals surface area (Å²) < 4.78 is 11.1. The van der Waals surface area contributed by atoms with Crippen LogP contribution in [0.15, 0.2) is 60.9 Å². The van der Waals surface area contributed by atoms with Gasteiger partial charge in [-0.15, -0.1) is 0 Å². The number of carbonyl (C=O) groups is 2. The van der Waals surface area contributed by atoms with E-state index in [1.165, 1.54) is 0 Å². The zero-order valence-corrected chi connectivity index (χ0v) is 23.6. The van der Waals surface area contributed by atoms with E-state index in [2.05, 4.69) is 37.4 Å². The Balaban J connectivity index is 1.23.